The minimum atomic E-state index is -4.35. The number of amides is 2. The quantitative estimate of drug-likeness (QED) is 0.0250. The van der Waals surface area contributed by atoms with Crippen molar-refractivity contribution in [3.05, 3.63) is 119 Å². The van der Waals surface area contributed by atoms with Gasteiger partial charge < -0.3 is 14.5 Å². The maximum absolute atomic E-state index is 14.6. The molecule has 1 saturated carbocycles. The van der Waals surface area contributed by atoms with Gasteiger partial charge in [-0.3, -0.25) is 23.9 Å². The number of hydrogen-bond donors (Lipinski definition) is 3. The van der Waals surface area contributed by atoms with Crippen LogP contribution in [0.5, 0.6) is 0 Å². The van der Waals surface area contributed by atoms with Crippen LogP contribution in [0.25, 0.3) is 33.5 Å². The number of anilines is 4. The number of fused-ring (bicyclic) bond motifs is 2. The Bertz CT molecular complexity index is 3490. The molecule has 1 aliphatic carbocycles. The molecule has 15 nitrogen and oxygen atoms in total. The van der Waals surface area contributed by atoms with E-state index in [1.807, 2.05) is 19.1 Å². The highest BCUT2D eigenvalue weighted by Gasteiger charge is 2.41. The lowest BCUT2D eigenvalue weighted by Crippen LogP contribution is -2.48. The Hall–Kier alpha value is -6.74. The number of nitrogens with one attached hydrogen (secondary N) is 3. The number of ketones is 1. The normalized spacial score (nSPS) is 13.8. The number of allylic oxidation sites excluding steroid dienone is 1. The van der Waals surface area contributed by atoms with Gasteiger partial charge in [0.25, 0.3) is 15.9 Å². The maximum atomic E-state index is 14.6. The molecule has 2 amide bonds. The third-order valence-corrected chi connectivity index (χ3v) is 16.8. The average molecular weight is 1150 g/mol. The van der Waals surface area contributed by atoms with Gasteiger partial charge in [0.05, 0.1) is 33.2 Å². The standard InChI is InChI=1S/C62H75ClN6O9S2/c1-7-8-9-10-11-12-13-14-15-16-17-18-19-24-43-29-34-53-55(38-43)77-60(66-53)45(41-64)39-44-30-32-48(37-42(44)2)69(47-25-20-21-26-47)61(72)78-57(58(70)62(3,4)5)59(71)65-54-40-46(31-33-51(54)63)67-80(75,76)56-36-35-52(68-79(6,73)74)49-27-22-23-28-50(49)56/h22-23,27-40,47,57,67-68H,7-21,24-26H2,1-6H3,(H,65,71). The minimum Gasteiger partial charge on any atom is -0.435 e. The first-order chi connectivity index (χ1) is 38.1. The largest absolute Gasteiger partial charge is 0.435 e. The van der Waals surface area contributed by atoms with E-state index in [1.165, 1.54) is 118 Å². The summed E-state index contributed by atoms with van der Waals surface area (Å²) in [6.07, 6.45) is 20.6. The van der Waals surface area contributed by atoms with Crippen molar-refractivity contribution in [2.45, 2.75) is 167 Å². The number of carbonyl (C=O) groups excluding carboxylic acids is 3. The van der Waals surface area contributed by atoms with Crippen LogP contribution < -0.4 is 19.7 Å². The fourth-order valence-electron chi connectivity index (χ4n) is 10.1. The number of aryl methyl sites for hydroxylation is 2. The zero-order valence-electron chi connectivity index (χ0n) is 46.8. The number of sulfonamides is 2. The second kappa shape index (κ2) is 27.6. The number of benzene rings is 5. The third-order valence-electron chi connectivity index (χ3n) is 14.5. The predicted molar refractivity (Wildman–Crippen MR) is 321 cm³/mol. The van der Waals surface area contributed by atoms with Gasteiger partial charge in [0.2, 0.25) is 22.0 Å². The first-order valence-corrected chi connectivity index (χ1v) is 31.7. The molecule has 80 heavy (non-hydrogen) atoms. The molecule has 7 rings (SSSR count). The number of ether oxygens (including phenoxy) is 1. The topological polar surface area (TPSA) is 218 Å². The van der Waals surface area contributed by atoms with Crippen molar-refractivity contribution in [1.82, 2.24) is 4.98 Å². The number of aromatic nitrogens is 1. The number of halogens is 1. The highest BCUT2D eigenvalue weighted by Crippen LogP contribution is 2.36. The van der Waals surface area contributed by atoms with Gasteiger partial charge in [-0.2, -0.15) is 5.26 Å². The number of unbranched alkanes of at least 4 members (excludes halogenated alkanes) is 12. The van der Waals surface area contributed by atoms with E-state index < -0.39 is 49.3 Å². The van der Waals surface area contributed by atoms with Crippen LogP contribution in [0.4, 0.5) is 27.5 Å². The molecule has 1 heterocycles. The van der Waals surface area contributed by atoms with Crippen molar-refractivity contribution in [2.75, 3.05) is 25.9 Å². The molecule has 1 fully saturated rings. The van der Waals surface area contributed by atoms with Crippen molar-refractivity contribution in [2.24, 2.45) is 5.41 Å². The molecule has 0 saturated heterocycles. The van der Waals surface area contributed by atoms with Crippen LogP contribution in [-0.4, -0.2) is 58.0 Å². The van der Waals surface area contributed by atoms with Crippen molar-refractivity contribution in [3.8, 4) is 6.07 Å². The fraction of sp³-hybridized carbons (Fsp3) is 0.435. The second-order valence-electron chi connectivity index (χ2n) is 22.0. The summed E-state index contributed by atoms with van der Waals surface area (Å²) < 4.78 is 69.0. The first kappa shape index (κ1) is 60.9. The number of Topliss-reactive ketones (excluding diaryl/α,β-unsaturated/α-hetero) is 1. The number of nitriles is 1. The van der Waals surface area contributed by atoms with Crippen LogP contribution in [0, 0.1) is 23.7 Å². The Labute approximate surface area is 477 Å². The molecule has 0 spiro atoms. The molecule has 5 aromatic carbocycles. The van der Waals surface area contributed by atoms with Crippen molar-refractivity contribution < 1.29 is 40.4 Å². The Balaban J connectivity index is 1.03. The number of hydrogen-bond acceptors (Lipinski definition) is 11. The smallest absolute Gasteiger partial charge is 0.415 e. The van der Waals surface area contributed by atoms with Gasteiger partial charge in [-0.25, -0.2) is 26.6 Å². The lowest BCUT2D eigenvalue weighted by molar-refractivity contribution is -0.142. The summed E-state index contributed by atoms with van der Waals surface area (Å²) in [5, 5.41) is 13.5. The molecule has 1 atom stereocenters. The van der Waals surface area contributed by atoms with E-state index in [0.717, 1.165) is 37.5 Å². The number of carbonyl (C=O) groups is 3. The number of rotatable bonds is 27. The van der Waals surface area contributed by atoms with Gasteiger partial charge in [0.1, 0.15) is 17.2 Å². The molecule has 426 valence electrons. The Morgan fingerprint density at radius 1 is 0.812 bits per heavy atom. The van der Waals surface area contributed by atoms with E-state index >= 15 is 0 Å². The van der Waals surface area contributed by atoms with Crippen molar-refractivity contribution in [1.29, 1.82) is 5.26 Å². The molecule has 1 aliphatic rings. The molecule has 1 aromatic heterocycles. The zero-order chi connectivity index (χ0) is 57.6. The SMILES string of the molecule is CCCCCCCCCCCCCCCc1ccc2nc(C(C#N)=Cc3ccc(N(C(=O)OC(C(=O)Nc4cc(NS(=O)(=O)c5ccc(NS(C)(=O)=O)c6ccccc56)ccc4Cl)C(=O)C(C)(C)C)C4CCCC4)cc3C)oc2c1. The van der Waals surface area contributed by atoms with Crippen LogP contribution >= 0.6 is 11.6 Å². The van der Waals surface area contributed by atoms with Crippen LogP contribution in [0.15, 0.2) is 100 Å². The number of nitrogens with zero attached hydrogens (tertiary/aromatic N) is 3. The molecule has 0 radical (unpaired) electrons. The summed E-state index contributed by atoms with van der Waals surface area (Å²) in [4.78, 5) is 48.9. The predicted octanol–water partition coefficient (Wildman–Crippen LogP) is 15.3. The Kier molecular flexibility index (Phi) is 21.0. The second-order valence-corrected chi connectivity index (χ2v) is 25.8. The van der Waals surface area contributed by atoms with Crippen LogP contribution in [0.2, 0.25) is 5.02 Å². The van der Waals surface area contributed by atoms with E-state index in [4.69, 9.17) is 20.8 Å². The Morgan fingerprint density at radius 2 is 1.46 bits per heavy atom. The monoisotopic (exact) mass is 1150 g/mol. The van der Waals surface area contributed by atoms with E-state index in [-0.39, 0.29) is 49.9 Å². The van der Waals surface area contributed by atoms with Crippen LogP contribution in [0.3, 0.4) is 0 Å². The lowest BCUT2D eigenvalue weighted by Gasteiger charge is -2.31. The van der Waals surface area contributed by atoms with E-state index in [2.05, 4.69) is 38.8 Å². The Morgan fingerprint density at radius 3 is 2.09 bits per heavy atom. The molecule has 6 aromatic rings. The van der Waals surface area contributed by atoms with Gasteiger partial charge in [0, 0.05) is 27.9 Å². The molecular formula is C62H75ClN6O9S2. The molecule has 0 aliphatic heterocycles. The van der Waals surface area contributed by atoms with Crippen LogP contribution in [0.1, 0.15) is 159 Å². The number of oxazole rings is 1. The van der Waals surface area contributed by atoms with E-state index in [1.54, 1.807) is 69.3 Å². The molecule has 0 bridgehead atoms. The minimum absolute atomic E-state index is 0.00590. The molecular weight excluding hydrogens is 1070 g/mol. The fourth-order valence-corrected chi connectivity index (χ4v) is 12.2. The maximum Gasteiger partial charge on any atom is 0.415 e. The zero-order valence-corrected chi connectivity index (χ0v) is 49.2. The van der Waals surface area contributed by atoms with E-state index in [0.29, 0.717) is 40.6 Å². The lowest BCUT2D eigenvalue weighted by atomic mass is 9.87. The first-order valence-electron chi connectivity index (χ1n) is 27.9. The summed E-state index contributed by atoms with van der Waals surface area (Å²) in [6.45, 7) is 8.90. The average Bonchev–Trinajstić information content (AvgIpc) is 4.10. The van der Waals surface area contributed by atoms with Crippen LogP contribution in [-0.2, 0) is 40.8 Å². The molecule has 18 heteroatoms. The molecule has 1 unspecified atom stereocenters. The van der Waals surface area contributed by atoms with E-state index in [9.17, 15) is 36.5 Å². The highest BCUT2D eigenvalue weighted by molar-refractivity contribution is 7.93. The summed E-state index contributed by atoms with van der Waals surface area (Å²) in [5.41, 5.74) is 3.48. The summed E-state index contributed by atoms with van der Waals surface area (Å²) in [7, 11) is -8.03. The summed E-state index contributed by atoms with van der Waals surface area (Å²) in [6, 6.07) is 26.3. The summed E-state index contributed by atoms with van der Waals surface area (Å²) >= 11 is 6.57. The van der Waals surface area contributed by atoms with Gasteiger partial charge in [0.15, 0.2) is 11.4 Å². The van der Waals surface area contributed by atoms with Gasteiger partial charge in [-0.15, -0.1) is 0 Å². The van der Waals surface area contributed by atoms with Gasteiger partial charge in [-0.1, -0.05) is 166 Å². The third kappa shape index (κ3) is 16.4. The summed E-state index contributed by atoms with van der Waals surface area (Å²) in [5.74, 6) is -1.52. The van der Waals surface area contributed by atoms with Crippen molar-refractivity contribution >= 4 is 106 Å². The molecule has 3 N–H and O–H groups in total. The van der Waals surface area contributed by atoms with Crippen molar-refractivity contribution in [3.63, 3.8) is 0 Å². The van der Waals surface area contributed by atoms with Gasteiger partial charge >= 0.3 is 6.09 Å². The highest BCUT2D eigenvalue weighted by atomic mass is 35.5. The van der Waals surface area contributed by atoms with Gasteiger partial charge in [-0.05, 0) is 110 Å².